The van der Waals surface area contributed by atoms with Crippen LogP contribution in [0.15, 0.2) is 0 Å². The van der Waals surface area contributed by atoms with Gasteiger partial charge in [0.05, 0.1) is 11.5 Å². The molecule has 0 aromatic carbocycles. The summed E-state index contributed by atoms with van der Waals surface area (Å²) in [4.78, 5) is 16.2. The fraction of sp³-hybridized carbons (Fsp3) is 0.933. The van der Waals surface area contributed by atoms with Crippen LogP contribution in [0, 0.1) is 5.92 Å². The lowest BCUT2D eigenvalue weighted by Gasteiger charge is -2.36. The standard InChI is InChI=1S/C15H29N3O3S/c1-12-5-4-7-18(10-12)13(2)9-16-15(19)17(3)14-6-8-22(20,21)11-14/h12-14H,4-11H2,1-3H3,(H,16,19)/t12-,13+,14-/m1/s1. The number of likely N-dealkylation sites (tertiary alicyclic amines) is 1. The van der Waals surface area contributed by atoms with Crippen molar-refractivity contribution in [3.63, 3.8) is 0 Å². The molecule has 128 valence electrons. The average Bonchev–Trinajstić information content (AvgIpc) is 2.83. The van der Waals surface area contributed by atoms with E-state index >= 15 is 0 Å². The number of carbonyl (C=O) groups excluding carboxylic acids is 1. The first kappa shape index (κ1) is 17.5. The Labute approximate surface area is 134 Å². The van der Waals surface area contributed by atoms with Gasteiger partial charge in [0.1, 0.15) is 0 Å². The molecule has 0 aliphatic carbocycles. The summed E-state index contributed by atoms with van der Waals surface area (Å²) in [6, 6.07) is -0.0401. The molecule has 0 spiro atoms. The van der Waals surface area contributed by atoms with Gasteiger partial charge in [0, 0.05) is 32.2 Å². The van der Waals surface area contributed by atoms with E-state index in [1.165, 1.54) is 12.8 Å². The first-order chi connectivity index (χ1) is 10.3. The summed E-state index contributed by atoms with van der Waals surface area (Å²) in [5.41, 5.74) is 0. The van der Waals surface area contributed by atoms with Crippen LogP contribution in [0.3, 0.4) is 0 Å². The Morgan fingerprint density at radius 3 is 2.73 bits per heavy atom. The smallest absolute Gasteiger partial charge is 0.317 e. The van der Waals surface area contributed by atoms with Crippen molar-refractivity contribution in [2.45, 2.75) is 45.2 Å². The molecule has 6 nitrogen and oxygen atoms in total. The fourth-order valence-electron chi connectivity index (χ4n) is 3.36. The van der Waals surface area contributed by atoms with E-state index in [2.05, 4.69) is 24.1 Å². The topological polar surface area (TPSA) is 69.7 Å². The number of urea groups is 1. The van der Waals surface area contributed by atoms with Gasteiger partial charge in [-0.1, -0.05) is 6.92 Å². The predicted octanol–water partition coefficient (Wildman–Crippen LogP) is 0.935. The molecule has 0 bridgehead atoms. The van der Waals surface area contributed by atoms with Gasteiger partial charge in [-0.2, -0.15) is 0 Å². The fourth-order valence-corrected chi connectivity index (χ4v) is 5.14. The minimum Gasteiger partial charge on any atom is -0.336 e. The summed E-state index contributed by atoms with van der Waals surface area (Å²) >= 11 is 0. The molecule has 2 amide bonds. The molecule has 7 heteroatoms. The third-order valence-corrected chi connectivity index (χ3v) is 6.69. The molecule has 1 N–H and O–H groups in total. The molecule has 0 aromatic heterocycles. The minimum atomic E-state index is -2.96. The Kier molecular flexibility index (Phi) is 5.71. The van der Waals surface area contributed by atoms with Gasteiger partial charge >= 0.3 is 6.03 Å². The molecule has 2 fully saturated rings. The number of nitrogens with zero attached hydrogens (tertiary/aromatic N) is 2. The summed E-state index contributed by atoms with van der Waals surface area (Å²) in [5, 5.41) is 2.95. The normalized spacial score (nSPS) is 30.0. The van der Waals surface area contributed by atoms with Crippen LogP contribution in [-0.4, -0.2) is 74.5 Å². The molecule has 2 aliphatic rings. The highest BCUT2D eigenvalue weighted by atomic mass is 32.2. The molecular weight excluding hydrogens is 302 g/mol. The van der Waals surface area contributed by atoms with Gasteiger partial charge in [-0.05, 0) is 38.6 Å². The maximum Gasteiger partial charge on any atom is 0.317 e. The molecule has 22 heavy (non-hydrogen) atoms. The maximum absolute atomic E-state index is 12.2. The minimum absolute atomic E-state index is 0.0934. The Morgan fingerprint density at radius 2 is 2.14 bits per heavy atom. The van der Waals surface area contributed by atoms with Crippen molar-refractivity contribution >= 4 is 15.9 Å². The van der Waals surface area contributed by atoms with E-state index in [1.54, 1.807) is 11.9 Å². The Hall–Kier alpha value is -0.820. The summed E-state index contributed by atoms with van der Waals surface area (Å²) in [5.74, 6) is 1.01. The zero-order valence-corrected chi connectivity index (χ0v) is 14.7. The van der Waals surface area contributed by atoms with E-state index in [9.17, 15) is 13.2 Å². The van der Waals surface area contributed by atoms with Crippen molar-refractivity contribution in [2.24, 2.45) is 5.92 Å². The third-order valence-electron chi connectivity index (χ3n) is 4.94. The largest absolute Gasteiger partial charge is 0.336 e. The number of sulfone groups is 1. The second-order valence-electron chi connectivity index (χ2n) is 6.95. The van der Waals surface area contributed by atoms with Crippen LogP contribution in [0.4, 0.5) is 4.79 Å². The number of hydrogen-bond acceptors (Lipinski definition) is 4. The molecule has 0 radical (unpaired) electrons. The van der Waals surface area contributed by atoms with Crippen LogP contribution in [-0.2, 0) is 9.84 Å². The summed E-state index contributed by atoms with van der Waals surface area (Å²) in [7, 11) is -1.27. The SMILES string of the molecule is C[C@@H]1CCCN([C@@H](C)CNC(=O)N(C)[C@@H]2CCS(=O)(=O)C2)C1. The first-order valence-electron chi connectivity index (χ1n) is 8.23. The molecule has 2 saturated heterocycles. The van der Waals surface area contributed by atoms with Crippen LogP contribution in [0.25, 0.3) is 0 Å². The van der Waals surface area contributed by atoms with Crippen molar-refractivity contribution in [3.05, 3.63) is 0 Å². The van der Waals surface area contributed by atoms with E-state index < -0.39 is 9.84 Å². The second-order valence-corrected chi connectivity index (χ2v) is 9.17. The highest BCUT2D eigenvalue weighted by Gasteiger charge is 2.33. The Bertz CT molecular complexity index is 494. The molecular formula is C15H29N3O3S. The molecule has 2 rings (SSSR count). The molecule has 0 aromatic rings. The molecule has 0 unspecified atom stereocenters. The predicted molar refractivity (Wildman–Crippen MR) is 87.7 cm³/mol. The quantitative estimate of drug-likeness (QED) is 0.832. The lowest BCUT2D eigenvalue weighted by molar-refractivity contribution is 0.134. The molecule has 2 aliphatic heterocycles. The number of hydrogen-bond donors (Lipinski definition) is 1. The van der Waals surface area contributed by atoms with E-state index in [0.29, 0.717) is 19.0 Å². The van der Waals surface area contributed by atoms with Crippen LogP contribution in [0.5, 0.6) is 0 Å². The zero-order valence-electron chi connectivity index (χ0n) is 13.9. The van der Waals surface area contributed by atoms with Gasteiger partial charge in [0.2, 0.25) is 0 Å². The summed E-state index contributed by atoms with van der Waals surface area (Å²) in [6.45, 7) is 7.20. The Morgan fingerprint density at radius 1 is 1.41 bits per heavy atom. The monoisotopic (exact) mass is 331 g/mol. The average molecular weight is 331 g/mol. The van der Waals surface area contributed by atoms with Crippen molar-refractivity contribution in [3.8, 4) is 0 Å². The van der Waals surface area contributed by atoms with Crippen LogP contribution in [0.1, 0.15) is 33.1 Å². The van der Waals surface area contributed by atoms with Gasteiger partial charge in [0.15, 0.2) is 9.84 Å². The highest BCUT2D eigenvalue weighted by Crippen LogP contribution is 2.18. The summed E-state index contributed by atoms with van der Waals surface area (Å²) in [6.07, 6.45) is 3.05. The lowest BCUT2D eigenvalue weighted by Crippen LogP contribution is -2.50. The van der Waals surface area contributed by atoms with Gasteiger partial charge in [-0.3, -0.25) is 4.90 Å². The van der Waals surface area contributed by atoms with Crippen molar-refractivity contribution in [1.29, 1.82) is 0 Å². The van der Waals surface area contributed by atoms with E-state index in [4.69, 9.17) is 0 Å². The number of nitrogens with one attached hydrogen (secondary N) is 1. The van der Waals surface area contributed by atoms with E-state index in [0.717, 1.165) is 19.0 Å². The summed E-state index contributed by atoms with van der Waals surface area (Å²) < 4.78 is 23.0. The first-order valence-corrected chi connectivity index (χ1v) is 10.1. The van der Waals surface area contributed by atoms with Gasteiger partial charge in [0.25, 0.3) is 0 Å². The molecule has 0 saturated carbocycles. The number of piperidine rings is 1. The third kappa shape index (κ3) is 4.59. The van der Waals surface area contributed by atoms with Crippen molar-refractivity contribution < 1.29 is 13.2 Å². The second kappa shape index (κ2) is 7.17. The number of carbonyl (C=O) groups is 1. The van der Waals surface area contributed by atoms with Gasteiger partial charge < -0.3 is 10.2 Å². The van der Waals surface area contributed by atoms with Crippen molar-refractivity contribution in [2.75, 3.05) is 38.2 Å². The van der Waals surface area contributed by atoms with Crippen molar-refractivity contribution in [1.82, 2.24) is 15.1 Å². The van der Waals surface area contributed by atoms with Gasteiger partial charge in [-0.25, -0.2) is 13.2 Å². The maximum atomic E-state index is 12.2. The van der Waals surface area contributed by atoms with Crippen LogP contribution in [0.2, 0.25) is 0 Å². The van der Waals surface area contributed by atoms with E-state index in [-0.39, 0.29) is 23.6 Å². The molecule has 3 atom stereocenters. The van der Waals surface area contributed by atoms with Gasteiger partial charge in [-0.15, -0.1) is 0 Å². The number of amides is 2. The highest BCUT2D eigenvalue weighted by molar-refractivity contribution is 7.91. The number of rotatable bonds is 4. The van der Waals surface area contributed by atoms with E-state index in [1.807, 2.05) is 0 Å². The molecule has 2 heterocycles. The van der Waals surface area contributed by atoms with Crippen LogP contribution < -0.4 is 5.32 Å². The Balaban J connectivity index is 1.77. The van der Waals surface area contributed by atoms with Crippen LogP contribution >= 0.6 is 0 Å². The zero-order chi connectivity index (χ0) is 16.3. The lowest BCUT2D eigenvalue weighted by atomic mass is 9.99.